The average molecular weight is 756 g/mol. The zero-order valence-electron chi connectivity index (χ0n) is 32.3. The Kier molecular flexibility index (Phi) is 18.6. The van der Waals surface area contributed by atoms with Crippen molar-refractivity contribution < 1.29 is 52.7 Å². The van der Waals surface area contributed by atoms with E-state index < -0.39 is 84.5 Å². The number of nitrogens with one attached hydrogen (secondary N) is 3. The van der Waals surface area contributed by atoms with Gasteiger partial charge in [-0.15, -0.1) is 0 Å². The van der Waals surface area contributed by atoms with Crippen molar-refractivity contribution in [2.45, 2.75) is 66.0 Å². The van der Waals surface area contributed by atoms with Crippen molar-refractivity contribution in [3.8, 4) is 0 Å². The highest BCUT2D eigenvalue weighted by Gasteiger charge is 2.37. The molecule has 0 radical (unpaired) electrons. The SMILES string of the molecule is CCC(=O)NC(=O)N(C)[C@@H](CC(C)C)C(=O)N(C)C(=O)N(C)C(=O)N(C)C(=O)NC(=O)N(C)CC(=O)N(C)[C@@H](CC(C)C)C(=O)NC(=O)N(C)C(N)=O. The van der Waals surface area contributed by atoms with Gasteiger partial charge < -0.3 is 20.4 Å². The Bertz CT molecular complexity index is 1450. The lowest BCUT2D eigenvalue weighted by atomic mass is 10.0. The van der Waals surface area contributed by atoms with Gasteiger partial charge in [-0.1, -0.05) is 34.6 Å². The summed E-state index contributed by atoms with van der Waals surface area (Å²) in [5, 5.41) is 6.00. The van der Waals surface area contributed by atoms with Crippen molar-refractivity contribution in [2.75, 3.05) is 55.9 Å². The van der Waals surface area contributed by atoms with Crippen LogP contribution in [-0.4, -0.2) is 168 Å². The molecule has 53 heavy (non-hydrogen) atoms. The Morgan fingerprint density at radius 2 is 1.02 bits per heavy atom. The quantitative estimate of drug-likeness (QED) is 0.224. The molecule has 2 atom stereocenters. The van der Waals surface area contributed by atoms with Gasteiger partial charge in [0.1, 0.15) is 18.6 Å². The van der Waals surface area contributed by atoms with E-state index in [9.17, 15) is 52.7 Å². The summed E-state index contributed by atoms with van der Waals surface area (Å²) >= 11 is 0. The van der Waals surface area contributed by atoms with Crippen LogP contribution in [0.5, 0.6) is 0 Å². The van der Waals surface area contributed by atoms with Gasteiger partial charge in [0, 0.05) is 55.8 Å². The normalized spacial score (nSPS) is 11.7. The van der Waals surface area contributed by atoms with Gasteiger partial charge in [-0.05, 0) is 24.7 Å². The third-order valence-electron chi connectivity index (χ3n) is 7.77. The first kappa shape index (κ1) is 47.2. The minimum absolute atomic E-state index is 0.00916. The lowest BCUT2D eigenvalue weighted by Crippen LogP contribution is -2.58. The molecular formula is C31H53N11O11. The number of nitrogens with two attached hydrogens (primary N) is 1. The Hall–Kier alpha value is -5.83. The van der Waals surface area contributed by atoms with E-state index in [1.54, 1.807) is 27.7 Å². The number of imide groups is 7. The smallest absolute Gasteiger partial charge is 0.335 e. The number of nitrogens with zero attached hydrogens (tertiary/aromatic N) is 7. The van der Waals surface area contributed by atoms with E-state index in [1.165, 1.54) is 21.0 Å². The molecule has 0 fully saturated rings. The van der Waals surface area contributed by atoms with Gasteiger partial charge in [-0.2, -0.15) is 0 Å². The number of carbonyl (C=O) groups excluding carboxylic acids is 11. The van der Waals surface area contributed by atoms with Crippen LogP contribution in [0.1, 0.15) is 53.9 Å². The first-order valence-corrected chi connectivity index (χ1v) is 16.4. The van der Waals surface area contributed by atoms with Crippen molar-refractivity contribution in [3.05, 3.63) is 0 Å². The number of likely N-dealkylation sites (N-methyl/N-ethyl adjacent to an activating group) is 4. The lowest BCUT2D eigenvalue weighted by Gasteiger charge is -2.32. The molecule has 298 valence electrons. The Labute approximate surface area is 308 Å². The fraction of sp³-hybridized carbons (Fsp3) is 0.645. The van der Waals surface area contributed by atoms with E-state index in [-0.39, 0.29) is 31.1 Å². The highest BCUT2D eigenvalue weighted by molar-refractivity contribution is 6.08. The van der Waals surface area contributed by atoms with E-state index in [4.69, 9.17) is 5.73 Å². The molecule has 0 aliphatic rings. The molecule has 0 saturated heterocycles. The van der Waals surface area contributed by atoms with Crippen molar-refractivity contribution in [1.29, 1.82) is 0 Å². The number of carbonyl (C=O) groups is 11. The van der Waals surface area contributed by atoms with Crippen LogP contribution in [0, 0.1) is 11.8 Å². The van der Waals surface area contributed by atoms with Gasteiger partial charge >= 0.3 is 42.2 Å². The average Bonchev–Trinajstić information content (AvgIpc) is 3.08. The van der Waals surface area contributed by atoms with Gasteiger partial charge in [0.2, 0.25) is 11.8 Å². The first-order valence-electron chi connectivity index (χ1n) is 16.4. The largest absolute Gasteiger partial charge is 0.351 e. The highest BCUT2D eigenvalue weighted by Crippen LogP contribution is 2.15. The molecule has 5 N–H and O–H groups in total. The van der Waals surface area contributed by atoms with E-state index in [1.807, 2.05) is 10.6 Å². The minimum atomic E-state index is -1.31. The van der Waals surface area contributed by atoms with Gasteiger partial charge in [0.15, 0.2) is 0 Å². The maximum absolute atomic E-state index is 13.4. The molecule has 0 saturated carbocycles. The van der Waals surface area contributed by atoms with Crippen LogP contribution < -0.4 is 21.7 Å². The van der Waals surface area contributed by atoms with E-state index >= 15 is 0 Å². The van der Waals surface area contributed by atoms with Crippen LogP contribution in [0.2, 0.25) is 0 Å². The van der Waals surface area contributed by atoms with Crippen LogP contribution in [0.4, 0.5) is 33.6 Å². The van der Waals surface area contributed by atoms with Crippen molar-refractivity contribution >= 4 is 65.8 Å². The number of hydrogen-bond acceptors (Lipinski definition) is 11. The summed E-state index contributed by atoms with van der Waals surface area (Å²) in [5.41, 5.74) is 5.04. The van der Waals surface area contributed by atoms with E-state index in [0.717, 1.165) is 49.9 Å². The Balaban J connectivity index is 5.66. The predicted molar refractivity (Wildman–Crippen MR) is 187 cm³/mol. The van der Waals surface area contributed by atoms with Crippen LogP contribution in [0.25, 0.3) is 0 Å². The van der Waals surface area contributed by atoms with Crippen LogP contribution in [0.15, 0.2) is 0 Å². The van der Waals surface area contributed by atoms with Crippen molar-refractivity contribution in [2.24, 2.45) is 17.6 Å². The number of urea groups is 7. The summed E-state index contributed by atoms with van der Waals surface area (Å²) in [5.74, 6) is -3.47. The summed E-state index contributed by atoms with van der Waals surface area (Å²) in [6, 6.07) is -10.5. The second kappa shape index (κ2) is 20.9. The molecular weight excluding hydrogens is 702 g/mol. The molecule has 0 aromatic heterocycles. The summed E-state index contributed by atoms with van der Waals surface area (Å²) in [7, 11) is 7.66. The standard InChI is InChI=1S/C31H53N11O11/c1-13-21(43)33-27(49)38(8)20(15-18(4)5)24(46)39(9)30(52)42(12)31(53)41(11)29(51)35-26(48)36(6)16-22(44)37(7)19(14-17(2)3)23(45)34-28(50)40(10)25(32)47/h17-20H,13-16H2,1-12H3,(H2,32,47)(H,33,43,49)(H,34,45,50)(H,35,48,51)/t19-,20-/m0/s1. The molecule has 0 bridgehead atoms. The lowest BCUT2D eigenvalue weighted by molar-refractivity contribution is -0.139. The molecule has 0 unspecified atom stereocenters. The molecule has 0 heterocycles. The summed E-state index contributed by atoms with van der Waals surface area (Å²) in [6.07, 6.45) is 0.184. The number of primary amides is 1. The molecule has 22 nitrogen and oxygen atoms in total. The van der Waals surface area contributed by atoms with Gasteiger partial charge in [-0.3, -0.25) is 40.0 Å². The summed E-state index contributed by atoms with van der Waals surface area (Å²) < 4.78 is 0. The first-order chi connectivity index (χ1) is 24.3. The fourth-order valence-electron chi connectivity index (χ4n) is 4.34. The summed E-state index contributed by atoms with van der Waals surface area (Å²) in [6.45, 7) is 7.89. The van der Waals surface area contributed by atoms with Gasteiger partial charge in [-0.25, -0.2) is 48.3 Å². The maximum Gasteiger partial charge on any atom is 0.335 e. The molecule has 22 heteroatoms. The zero-order chi connectivity index (χ0) is 41.7. The molecule has 0 spiro atoms. The second-order valence-electron chi connectivity index (χ2n) is 13.0. The van der Waals surface area contributed by atoms with Crippen LogP contribution in [-0.2, 0) is 19.2 Å². The minimum Gasteiger partial charge on any atom is -0.351 e. The Morgan fingerprint density at radius 3 is 1.49 bits per heavy atom. The van der Waals surface area contributed by atoms with Crippen molar-refractivity contribution in [1.82, 2.24) is 50.2 Å². The maximum atomic E-state index is 13.4. The van der Waals surface area contributed by atoms with Gasteiger partial charge in [0.05, 0.1) is 0 Å². The van der Waals surface area contributed by atoms with E-state index in [2.05, 4.69) is 5.32 Å². The van der Waals surface area contributed by atoms with Crippen LogP contribution in [0.3, 0.4) is 0 Å². The highest BCUT2D eigenvalue weighted by atomic mass is 16.2. The number of rotatable bonds is 11. The zero-order valence-corrected chi connectivity index (χ0v) is 32.3. The summed E-state index contributed by atoms with van der Waals surface area (Å²) in [4.78, 5) is 143. The molecule has 0 aliphatic heterocycles. The monoisotopic (exact) mass is 755 g/mol. The third kappa shape index (κ3) is 14.0. The number of amides is 18. The predicted octanol–water partition coefficient (Wildman–Crippen LogP) is 0.422. The third-order valence-corrected chi connectivity index (χ3v) is 7.77. The van der Waals surface area contributed by atoms with Crippen molar-refractivity contribution in [3.63, 3.8) is 0 Å². The fourth-order valence-corrected chi connectivity index (χ4v) is 4.34. The van der Waals surface area contributed by atoms with E-state index in [0.29, 0.717) is 19.6 Å². The second-order valence-corrected chi connectivity index (χ2v) is 13.0. The Morgan fingerprint density at radius 1 is 0.547 bits per heavy atom. The van der Waals surface area contributed by atoms with Gasteiger partial charge in [0.25, 0.3) is 11.8 Å². The molecule has 0 aromatic carbocycles. The van der Waals surface area contributed by atoms with Crippen LogP contribution >= 0.6 is 0 Å². The molecule has 0 aliphatic carbocycles. The number of hydrogen-bond donors (Lipinski definition) is 4. The molecule has 18 amide bonds. The molecule has 0 rings (SSSR count). The topological polar surface area (TPSA) is 273 Å². The molecule has 0 aromatic rings.